The zero-order valence-electron chi connectivity index (χ0n) is 9.59. The van der Waals surface area contributed by atoms with E-state index in [1.807, 2.05) is 13.0 Å². The molecule has 0 saturated carbocycles. The van der Waals surface area contributed by atoms with Gasteiger partial charge < -0.3 is 0 Å². The van der Waals surface area contributed by atoms with Gasteiger partial charge in [-0.05, 0) is 36.8 Å². The maximum absolute atomic E-state index is 13.4. The monoisotopic (exact) mass is 266 g/mol. The Hall–Kier alpha value is -1.95. The smallest absolute Gasteiger partial charge is 0.278 e. The largest absolute Gasteiger partial charge is 0.282 e. The van der Waals surface area contributed by atoms with Gasteiger partial charge in [-0.3, -0.25) is 4.72 Å². The number of hydrogen-bond acceptors (Lipinski definition) is 3. The van der Waals surface area contributed by atoms with Crippen LogP contribution in [0.5, 0.6) is 0 Å². The number of sulfonamides is 1. The van der Waals surface area contributed by atoms with Crippen LogP contribution in [0.4, 0.5) is 10.1 Å². The van der Waals surface area contributed by atoms with Gasteiger partial charge in [0.2, 0.25) is 5.03 Å². The van der Waals surface area contributed by atoms with E-state index >= 15 is 0 Å². The average molecular weight is 266 g/mol. The van der Waals surface area contributed by atoms with E-state index in [4.69, 9.17) is 0 Å². The topological polar surface area (TPSA) is 59.1 Å². The van der Waals surface area contributed by atoms with Gasteiger partial charge in [0, 0.05) is 11.9 Å². The van der Waals surface area contributed by atoms with Crippen LogP contribution in [-0.2, 0) is 10.0 Å². The summed E-state index contributed by atoms with van der Waals surface area (Å²) in [5.41, 5.74) is 1.27. The number of pyridine rings is 1. The first-order chi connectivity index (χ1) is 8.49. The van der Waals surface area contributed by atoms with Crippen molar-refractivity contribution < 1.29 is 12.8 Å². The van der Waals surface area contributed by atoms with E-state index < -0.39 is 20.9 Å². The number of anilines is 1. The zero-order valence-corrected chi connectivity index (χ0v) is 10.4. The zero-order chi connectivity index (χ0) is 13.2. The van der Waals surface area contributed by atoms with Crippen molar-refractivity contribution in [3.63, 3.8) is 0 Å². The maximum Gasteiger partial charge on any atom is 0.282 e. The summed E-state index contributed by atoms with van der Waals surface area (Å²) < 4.78 is 39.5. The molecule has 1 N–H and O–H groups in total. The SMILES string of the molecule is Cc1cccc(NS(=O)(=O)c2ncccc2F)c1. The highest BCUT2D eigenvalue weighted by Gasteiger charge is 2.20. The van der Waals surface area contributed by atoms with Crippen molar-refractivity contribution in [1.82, 2.24) is 4.98 Å². The predicted octanol–water partition coefficient (Wildman–Crippen LogP) is 2.33. The first kappa shape index (κ1) is 12.5. The highest BCUT2D eigenvalue weighted by atomic mass is 32.2. The number of aromatic nitrogens is 1. The summed E-state index contributed by atoms with van der Waals surface area (Å²) in [6.45, 7) is 1.83. The fraction of sp³-hybridized carbons (Fsp3) is 0.0833. The summed E-state index contributed by atoms with van der Waals surface area (Å²) in [7, 11) is -4.00. The molecule has 0 amide bonds. The van der Waals surface area contributed by atoms with Gasteiger partial charge in [0.15, 0.2) is 5.82 Å². The van der Waals surface area contributed by atoms with Crippen LogP contribution in [0.2, 0.25) is 0 Å². The summed E-state index contributed by atoms with van der Waals surface area (Å²) in [4.78, 5) is 3.54. The molecule has 0 fully saturated rings. The molecule has 1 heterocycles. The molecule has 0 unspecified atom stereocenters. The van der Waals surface area contributed by atoms with Crippen LogP contribution in [-0.4, -0.2) is 13.4 Å². The van der Waals surface area contributed by atoms with Crippen LogP contribution in [0.25, 0.3) is 0 Å². The Bertz CT molecular complexity index is 671. The Morgan fingerprint density at radius 3 is 2.67 bits per heavy atom. The van der Waals surface area contributed by atoms with Crippen LogP contribution in [0, 0.1) is 12.7 Å². The molecule has 4 nitrogen and oxygen atoms in total. The van der Waals surface area contributed by atoms with Crippen LogP contribution < -0.4 is 4.72 Å². The molecule has 94 valence electrons. The Kier molecular flexibility index (Phi) is 3.29. The third kappa shape index (κ3) is 2.65. The first-order valence-electron chi connectivity index (χ1n) is 5.19. The molecule has 6 heteroatoms. The fourth-order valence-corrected chi connectivity index (χ4v) is 2.54. The van der Waals surface area contributed by atoms with Crippen LogP contribution in [0.15, 0.2) is 47.6 Å². The molecular formula is C12H11FN2O2S. The lowest BCUT2D eigenvalue weighted by molar-refractivity contribution is 0.557. The molecule has 1 aromatic carbocycles. The molecular weight excluding hydrogens is 255 g/mol. The second kappa shape index (κ2) is 4.73. The van der Waals surface area contributed by atoms with Crippen LogP contribution in [0.3, 0.4) is 0 Å². The van der Waals surface area contributed by atoms with Crippen molar-refractivity contribution in [3.8, 4) is 0 Å². The maximum atomic E-state index is 13.4. The highest BCUT2D eigenvalue weighted by Crippen LogP contribution is 2.17. The Morgan fingerprint density at radius 2 is 2.00 bits per heavy atom. The summed E-state index contributed by atoms with van der Waals surface area (Å²) >= 11 is 0. The minimum absolute atomic E-state index is 0.375. The third-order valence-electron chi connectivity index (χ3n) is 2.25. The first-order valence-corrected chi connectivity index (χ1v) is 6.67. The van der Waals surface area contributed by atoms with E-state index in [-0.39, 0.29) is 0 Å². The number of nitrogens with one attached hydrogen (secondary N) is 1. The minimum atomic E-state index is -4.00. The van der Waals surface area contributed by atoms with Gasteiger partial charge in [-0.25, -0.2) is 9.37 Å². The molecule has 2 rings (SSSR count). The van der Waals surface area contributed by atoms with Crippen molar-refractivity contribution >= 4 is 15.7 Å². The second-order valence-corrected chi connectivity index (χ2v) is 5.36. The number of nitrogens with zero attached hydrogens (tertiary/aromatic N) is 1. The lowest BCUT2D eigenvalue weighted by atomic mass is 10.2. The third-order valence-corrected chi connectivity index (χ3v) is 3.56. The van der Waals surface area contributed by atoms with Gasteiger partial charge in [0.1, 0.15) is 0 Å². The van der Waals surface area contributed by atoms with Gasteiger partial charge in [-0.15, -0.1) is 0 Å². The van der Waals surface area contributed by atoms with E-state index in [2.05, 4.69) is 9.71 Å². The molecule has 0 radical (unpaired) electrons. The molecule has 2 aromatic rings. The number of rotatable bonds is 3. The van der Waals surface area contributed by atoms with Crippen molar-refractivity contribution in [2.75, 3.05) is 4.72 Å². The predicted molar refractivity (Wildman–Crippen MR) is 66.2 cm³/mol. The van der Waals surface area contributed by atoms with E-state index in [9.17, 15) is 12.8 Å². The normalized spacial score (nSPS) is 11.2. The second-order valence-electron chi connectivity index (χ2n) is 3.77. The van der Waals surface area contributed by atoms with Gasteiger partial charge in [-0.1, -0.05) is 12.1 Å². The summed E-state index contributed by atoms with van der Waals surface area (Å²) in [5.74, 6) is -0.877. The molecule has 18 heavy (non-hydrogen) atoms. The van der Waals surface area contributed by atoms with Gasteiger partial charge >= 0.3 is 0 Å². The number of halogens is 1. The lowest BCUT2D eigenvalue weighted by Gasteiger charge is -2.08. The van der Waals surface area contributed by atoms with Crippen LogP contribution >= 0.6 is 0 Å². The molecule has 0 aliphatic rings. The summed E-state index contributed by atoms with van der Waals surface area (Å²) in [6.07, 6.45) is 1.23. The summed E-state index contributed by atoms with van der Waals surface area (Å²) in [5, 5.41) is -0.605. The number of aryl methyl sites for hydroxylation is 1. The Labute approximate surface area is 105 Å². The molecule has 0 saturated heterocycles. The molecule has 1 aromatic heterocycles. The molecule has 0 spiro atoms. The standard InChI is InChI=1S/C12H11FN2O2S/c1-9-4-2-5-10(8-9)15-18(16,17)12-11(13)6-3-7-14-12/h2-8,15H,1H3. The fourth-order valence-electron chi connectivity index (χ4n) is 1.48. The van der Waals surface area contributed by atoms with Crippen molar-refractivity contribution in [3.05, 3.63) is 54.0 Å². The van der Waals surface area contributed by atoms with Crippen molar-refractivity contribution in [2.24, 2.45) is 0 Å². The molecule has 0 atom stereocenters. The average Bonchev–Trinajstić information content (AvgIpc) is 2.28. The van der Waals surface area contributed by atoms with E-state index in [1.54, 1.807) is 18.2 Å². The van der Waals surface area contributed by atoms with Crippen molar-refractivity contribution in [2.45, 2.75) is 11.9 Å². The van der Waals surface area contributed by atoms with E-state index in [0.29, 0.717) is 5.69 Å². The quantitative estimate of drug-likeness (QED) is 0.927. The van der Waals surface area contributed by atoms with Gasteiger partial charge in [-0.2, -0.15) is 8.42 Å². The highest BCUT2D eigenvalue weighted by molar-refractivity contribution is 7.92. The molecule has 0 aliphatic heterocycles. The Morgan fingerprint density at radius 1 is 1.22 bits per heavy atom. The lowest BCUT2D eigenvalue weighted by Crippen LogP contribution is -2.16. The van der Waals surface area contributed by atoms with E-state index in [1.165, 1.54) is 12.3 Å². The van der Waals surface area contributed by atoms with E-state index in [0.717, 1.165) is 11.6 Å². The van der Waals surface area contributed by atoms with Crippen molar-refractivity contribution in [1.29, 1.82) is 0 Å². The molecule has 0 aliphatic carbocycles. The Balaban J connectivity index is 2.37. The number of benzene rings is 1. The number of hydrogen-bond donors (Lipinski definition) is 1. The van der Waals surface area contributed by atoms with Gasteiger partial charge in [0.25, 0.3) is 10.0 Å². The van der Waals surface area contributed by atoms with Crippen LogP contribution in [0.1, 0.15) is 5.56 Å². The summed E-state index contributed by atoms with van der Waals surface area (Å²) in [6, 6.07) is 9.17. The van der Waals surface area contributed by atoms with Gasteiger partial charge in [0.05, 0.1) is 0 Å². The molecule has 0 bridgehead atoms. The minimum Gasteiger partial charge on any atom is -0.278 e.